The number of carboxylic acid groups (broad SMARTS) is 3. The van der Waals surface area contributed by atoms with Gasteiger partial charge in [-0.3, -0.25) is 4.90 Å². The maximum absolute atomic E-state index is 9.99. The molecule has 0 unspecified atom stereocenters. The van der Waals surface area contributed by atoms with Crippen molar-refractivity contribution in [3.63, 3.8) is 0 Å². The van der Waals surface area contributed by atoms with Crippen molar-refractivity contribution in [3.05, 3.63) is 0 Å². The van der Waals surface area contributed by atoms with Gasteiger partial charge in [-0.05, 0) is 0 Å². The van der Waals surface area contributed by atoms with E-state index >= 15 is 0 Å². The third-order valence-corrected chi connectivity index (χ3v) is 1.06. The van der Waals surface area contributed by atoms with E-state index in [0.717, 1.165) is 0 Å². The van der Waals surface area contributed by atoms with Crippen molar-refractivity contribution in [1.82, 2.24) is 4.90 Å². The summed E-state index contributed by atoms with van der Waals surface area (Å²) in [6, 6.07) is 0. The molecule has 0 radical (unpaired) electrons. The second kappa shape index (κ2) is 18.4. The molecule has 0 atom stereocenters. The Hall–Kier alpha value is 2.37. The van der Waals surface area contributed by atoms with Gasteiger partial charge in [0.2, 0.25) is 0 Å². The van der Waals surface area contributed by atoms with Gasteiger partial charge in [0, 0.05) is 19.6 Å². The zero-order valence-corrected chi connectivity index (χ0v) is 18.5. The number of carbonyl (C=O) groups excluding carboxylic acids is 3. The van der Waals surface area contributed by atoms with E-state index in [-0.39, 0.29) is 118 Å². The van der Waals surface area contributed by atoms with Crippen LogP contribution in [0.15, 0.2) is 0 Å². The normalized spacial score (nSPS) is 7.59. The summed E-state index contributed by atoms with van der Waals surface area (Å²) < 4.78 is 0. The van der Waals surface area contributed by atoms with Gasteiger partial charge < -0.3 is 29.7 Å². The molecule has 0 aliphatic heterocycles. The van der Waals surface area contributed by atoms with E-state index in [0.29, 0.717) is 4.90 Å². The summed E-state index contributed by atoms with van der Waals surface area (Å²) in [6.45, 7) is -2.37. The van der Waals surface area contributed by atoms with Crippen molar-refractivity contribution >= 4 is 17.9 Å². The molecule has 74 valence electrons. The molecule has 0 bridgehead atoms. The van der Waals surface area contributed by atoms with Gasteiger partial charge in [0.25, 0.3) is 0 Å². The quantitative estimate of drug-likeness (QED) is 0.442. The zero-order chi connectivity index (χ0) is 10.4. The first-order valence-corrected chi connectivity index (χ1v) is 3.23. The Morgan fingerprint density at radius 3 is 0.941 bits per heavy atom. The molecule has 0 saturated heterocycles. The van der Waals surface area contributed by atoms with Crippen molar-refractivity contribution in [3.8, 4) is 0 Å². The molecule has 0 amide bonds. The smallest absolute Gasteiger partial charge is 0.549 e. The summed E-state index contributed by atoms with van der Waals surface area (Å²) in [5, 5.41) is 30.0. The van der Waals surface area contributed by atoms with Gasteiger partial charge >= 0.3 is 118 Å². The fraction of sp³-hybridized carbons (Fsp3) is 0.500. The number of carbonyl (C=O) groups is 3. The molecule has 0 aliphatic carbocycles. The topological polar surface area (TPSA) is 124 Å². The monoisotopic (exact) mass is 280 g/mol. The van der Waals surface area contributed by atoms with Crippen LogP contribution in [0.3, 0.4) is 0 Å². The fourth-order valence-electron chi connectivity index (χ4n) is 0.715. The number of hydrogen-bond acceptors (Lipinski definition) is 7. The van der Waals surface area contributed by atoms with E-state index in [1.54, 1.807) is 0 Å². The van der Waals surface area contributed by atoms with Crippen molar-refractivity contribution in [2.45, 2.75) is 0 Å². The first kappa shape index (κ1) is 31.7. The van der Waals surface area contributed by atoms with Crippen molar-refractivity contribution < 1.29 is 148 Å². The fourth-order valence-corrected chi connectivity index (χ4v) is 0.715. The predicted octanol–water partition coefficient (Wildman–Crippen LogP) is -17.4. The van der Waals surface area contributed by atoms with Crippen LogP contribution >= 0.6 is 0 Å². The van der Waals surface area contributed by atoms with Crippen LogP contribution in [0.4, 0.5) is 0 Å². The van der Waals surface area contributed by atoms with Crippen LogP contribution in [0.25, 0.3) is 0 Å². The minimum Gasteiger partial charge on any atom is -0.549 e. The van der Waals surface area contributed by atoms with E-state index in [4.69, 9.17) is 0 Å². The summed E-state index contributed by atoms with van der Waals surface area (Å²) in [7, 11) is 0. The molecule has 0 heterocycles. The van der Waals surface area contributed by atoms with Crippen LogP contribution in [0.5, 0.6) is 0 Å². The number of hydrogen-bond donors (Lipinski definition) is 0. The maximum Gasteiger partial charge on any atom is 1.00 e. The summed E-state index contributed by atoms with van der Waals surface area (Å²) in [5.41, 5.74) is 0. The number of rotatable bonds is 6. The minimum atomic E-state index is -1.57. The van der Waals surface area contributed by atoms with E-state index in [1.807, 2.05) is 0 Å². The predicted molar refractivity (Wildman–Crippen MR) is 31.5 cm³/mol. The molecule has 0 rings (SSSR count). The third-order valence-electron chi connectivity index (χ3n) is 1.06. The van der Waals surface area contributed by atoms with Crippen LogP contribution in [0.1, 0.15) is 0 Å². The van der Waals surface area contributed by atoms with Gasteiger partial charge in [-0.15, -0.1) is 0 Å². The zero-order valence-electron chi connectivity index (χ0n) is 10.5. The van der Waals surface area contributed by atoms with Crippen molar-refractivity contribution in [2.75, 3.05) is 19.6 Å². The summed E-state index contributed by atoms with van der Waals surface area (Å²) in [5.74, 6) is -4.70. The van der Waals surface area contributed by atoms with Crippen LogP contribution < -0.4 is 134 Å². The Balaban J connectivity index is -0.000000120. The van der Waals surface area contributed by atoms with Gasteiger partial charge in [0.15, 0.2) is 0 Å². The van der Waals surface area contributed by atoms with Crippen LogP contribution in [0, 0.1) is 0 Å². The SMILES string of the molecule is O=C([O-])CN(CC(=O)[O-])CC(=O)[O-].[Na+].[Na+].[Na+].[Na+]. The Morgan fingerprint density at radius 2 is 0.824 bits per heavy atom. The number of nitrogens with zero attached hydrogens (tertiary/aromatic N) is 1. The van der Waals surface area contributed by atoms with Crippen molar-refractivity contribution in [1.29, 1.82) is 0 Å². The number of carboxylic acids is 3. The Kier molecular flexibility index (Phi) is 34.2. The molecule has 0 saturated carbocycles. The molecule has 0 N–H and O–H groups in total. The van der Waals surface area contributed by atoms with E-state index in [2.05, 4.69) is 0 Å². The first-order chi connectivity index (χ1) is 5.91. The summed E-state index contributed by atoms with van der Waals surface area (Å²) >= 11 is 0. The average Bonchev–Trinajstić information content (AvgIpc) is 1.80. The Bertz CT molecular complexity index is 201. The molecule has 0 fully saturated rings. The van der Waals surface area contributed by atoms with Gasteiger partial charge in [-0.2, -0.15) is 0 Å². The molecular formula is C6H6NNa4O6+. The number of aliphatic carboxylic acids is 3. The van der Waals surface area contributed by atoms with Gasteiger partial charge in [0.1, 0.15) is 0 Å². The molecule has 0 aliphatic rings. The Morgan fingerprint density at radius 1 is 0.647 bits per heavy atom. The van der Waals surface area contributed by atoms with E-state index < -0.39 is 37.5 Å². The first-order valence-electron chi connectivity index (χ1n) is 3.23. The second-order valence-corrected chi connectivity index (χ2v) is 2.26. The standard InChI is InChI=1S/C6H9NO6.4Na/c8-4(9)1-7(2-5(10)11)3-6(12)13;;;;/h1-3H2,(H,8,9)(H,10,11)(H,12,13);;;;/q;4*+1/p-3. The van der Waals surface area contributed by atoms with Gasteiger partial charge in [-0.25, -0.2) is 0 Å². The molecule has 17 heavy (non-hydrogen) atoms. The van der Waals surface area contributed by atoms with Crippen LogP contribution in [0.2, 0.25) is 0 Å². The van der Waals surface area contributed by atoms with Crippen LogP contribution in [-0.2, 0) is 14.4 Å². The van der Waals surface area contributed by atoms with E-state index in [9.17, 15) is 29.7 Å². The van der Waals surface area contributed by atoms with Gasteiger partial charge in [-0.1, -0.05) is 0 Å². The largest absolute Gasteiger partial charge is 1.00 e. The Labute approximate surface area is 187 Å². The molecular weight excluding hydrogens is 274 g/mol. The second-order valence-electron chi connectivity index (χ2n) is 2.26. The van der Waals surface area contributed by atoms with Crippen LogP contribution in [-0.4, -0.2) is 42.4 Å². The molecule has 0 spiro atoms. The van der Waals surface area contributed by atoms with Crippen molar-refractivity contribution in [2.24, 2.45) is 0 Å². The van der Waals surface area contributed by atoms with Gasteiger partial charge in [0.05, 0.1) is 17.9 Å². The molecule has 7 nitrogen and oxygen atoms in total. The van der Waals surface area contributed by atoms with E-state index in [1.165, 1.54) is 0 Å². The summed E-state index contributed by atoms with van der Waals surface area (Å²) in [4.78, 5) is 30.6. The average molecular weight is 280 g/mol. The molecule has 11 heteroatoms. The summed E-state index contributed by atoms with van der Waals surface area (Å²) in [6.07, 6.45) is 0. The minimum absolute atomic E-state index is 0. The molecule has 0 aromatic carbocycles. The molecule has 0 aromatic heterocycles. The third kappa shape index (κ3) is 23.8. The molecule has 0 aromatic rings. The maximum atomic E-state index is 9.99.